The lowest BCUT2D eigenvalue weighted by atomic mass is 9.89. The number of aromatic amines is 1. The Kier molecular flexibility index (Phi) is 5.25. The molecule has 24 heavy (non-hydrogen) atoms. The molecule has 0 saturated heterocycles. The van der Waals surface area contributed by atoms with Crippen LogP contribution in [-0.2, 0) is 6.54 Å². The number of hydrogen-bond acceptors (Lipinski definition) is 3. The van der Waals surface area contributed by atoms with E-state index in [2.05, 4.69) is 26.3 Å². The Morgan fingerprint density at radius 2 is 2.12 bits per heavy atom. The number of carbonyl (C=O) groups is 1. The fourth-order valence-corrected chi connectivity index (χ4v) is 3.10. The van der Waals surface area contributed by atoms with Crippen molar-refractivity contribution in [1.82, 2.24) is 15.0 Å². The Hall–Kier alpha value is -2.63. The summed E-state index contributed by atoms with van der Waals surface area (Å²) in [5, 5.41) is 3.97. The SMILES string of the molecule is O=C(NN=Cc1ccn(CC2CCCCC2)c1)c1ccc(=O)[nH]c1. The first-order valence-electron chi connectivity index (χ1n) is 8.38. The van der Waals surface area contributed by atoms with Gasteiger partial charge in [-0.3, -0.25) is 9.59 Å². The largest absolute Gasteiger partial charge is 0.353 e. The van der Waals surface area contributed by atoms with Gasteiger partial charge in [0.15, 0.2) is 0 Å². The lowest BCUT2D eigenvalue weighted by molar-refractivity contribution is 0.0954. The number of hydrazone groups is 1. The molecule has 126 valence electrons. The van der Waals surface area contributed by atoms with Gasteiger partial charge in [0.2, 0.25) is 5.56 Å². The highest BCUT2D eigenvalue weighted by molar-refractivity contribution is 5.94. The van der Waals surface area contributed by atoms with Gasteiger partial charge in [0.25, 0.3) is 5.91 Å². The topological polar surface area (TPSA) is 79.2 Å². The number of nitrogens with one attached hydrogen (secondary N) is 2. The molecule has 0 atom stereocenters. The smallest absolute Gasteiger partial charge is 0.272 e. The van der Waals surface area contributed by atoms with Crippen molar-refractivity contribution in [2.75, 3.05) is 0 Å². The molecule has 1 fully saturated rings. The van der Waals surface area contributed by atoms with Crippen molar-refractivity contribution in [1.29, 1.82) is 0 Å². The van der Waals surface area contributed by atoms with Crippen LogP contribution in [0.25, 0.3) is 0 Å². The molecular formula is C18H22N4O2. The van der Waals surface area contributed by atoms with Crippen LogP contribution in [0.2, 0.25) is 0 Å². The minimum absolute atomic E-state index is 0.241. The minimum Gasteiger partial charge on any atom is -0.353 e. The van der Waals surface area contributed by atoms with E-state index in [-0.39, 0.29) is 11.5 Å². The van der Waals surface area contributed by atoms with Gasteiger partial charge < -0.3 is 9.55 Å². The molecule has 0 aliphatic heterocycles. The molecule has 3 rings (SSSR count). The summed E-state index contributed by atoms with van der Waals surface area (Å²) in [5.41, 5.74) is 3.53. The summed E-state index contributed by atoms with van der Waals surface area (Å²) in [4.78, 5) is 25.3. The second-order valence-corrected chi connectivity index (χ2v) is 6.29. The fourth-order valence-electron chi connectivity index (χ4n) is 3.10. The highest BCUT2D eigenvalue weighted by Gasteiger charge is 2.13. The number of nitrogens with zero attached hydrogens (tertiary/aromatic N) is 2. The van der Waals surface area contributed by atoms with Crippen molar-refractivity contribution in [2.24, 2.45) is 11.0 Å². The first-order chi connectivity index (χ1) is 11.7. The first kappa shape index (κ1) is 16.2. The molecule has 2 aromatic heterocycles. The summed E-state index contributed by atoms with van der Waals surface area (Å²) < 4.78 is 2.20. The third-order valence-electron chi connectivity index (χ3n) is 4.39. The van der Waals surface area contributed by atoms with E-state index in [4.69, 9.17) is 0 Å². The van der Waals surface area contributed by atoms with Crippen molar-refractivity contribution < 1.29 is 4.79 Å². The Balaban J connectivity index is 1.52. The van der Waals surface area contributed by atoms with E-state index in [9.17, 15) is 9.59 Å². The quantitative estimate of drug-likeness (QED) is 0.654. The number of carbonyl (C=O) groups excluding carboxylic acids is 1. The van der Waals surface area contributed by atoms with E-state index in [1.165, 1.54) is 50.4 Å². The van der Waals surface area contributed by atoms with E-state index in [1.807, 2.05) is 12.3 Å². The van der Waals surface area contributed by atoms with E-state index in [1.54, 1.807) is 6.21 Å². The van der Waals surface area contributed by atoms with Gasteiger partial charge in [0, 0.05) is 36.8 Å². The number of H-pyrrole nitrogens is 1. The van der Waals surface area contributed by atoms with E-state index >= 15 is 0 Å². The first-order valence-corrected chi connectivity index (χ1v) is 8.38. The summed E-state index contributed by atoms with van der Waals surface area (Å²) in [6.07, 6.45) is 13.8. The van der Waals surface area contributed by atoms with Crippen LogP contribution in [0.15, 0.2) is 46.7 Å². The van der Waals surface area contributed by atoms with Crippen LogP contribution in [0.1, 0.15) is 48.0 Å². The number of amides is 1. The highest BCUT2D eigenvalue weighted by Crippen LogP contribution is 2.25. The average Bonchev–Trinajstić information content (AvgIpc) is 3.03. The van der Waals surface area contributed by atoms with Crippen LogP contribution in [0, 0.1) is 5.92 Å². The monoisotopic (exact) mass is 326 g/mol. The molecular weight excluding hydrogens is 304 g/mol. The molecule has 2 N–H and O–H groups in total. The standard InChI is InChI=1S/C18H22N4O2/c23-17-7-6-16(11-19-17)18(24)21-20-10-15-8-9-22(13-15)12-14-4-2-1-3-5-14/h6-11,13-14H,1-5,12H2,(H,19,23)(H,21,24). The highest BCUT2D eigenvalue weighted by atomic mass is 16.2. The molecule has 1 saturated carbocycles. The average molecular weight is 326 g/mol. The molecule has 2 aromatic rings. The van der Waals surface area contributed by atoms with Crippen molar-refractivity contribution in [3.63, 3.8) is 0 Å². The Bertz CT molecular complexity index is 749. The minimum atomic E-state index is -0.357. The molecule has 1 aliphatic carbocycles. The zero-order valence-electron chi connectivity index (χ0n) is 13.6. The van der Waals surface area contributed by atoms with Gasteiger partial charge in [-0.15, -0.1) is 0 Å². The van der Waals surface area contributed by atoms with Crippen LogP contribution >= 0.6 is 0 Å². The van der Waals surface area contributed by atoms with Gasteiger partial charge in [-0.25, -0.2) is 5.43 Å². The van der Waals surface area contributed by atoms with Gasteiger partial charge in [0.05, 0.1) is 11.8 Å². The number of hydrogen-bond donors (Lipinski definition) is 2. The summed E-state index contributed by atoms with van der Waals surface area (Å²) in [5.74, 6) is 0.417. The second-order valence-electron chi connectivity index (χ2n) is 6.29. The van der Waals surface area contributed by atoms with Gasteiger partial charge in [-0.2, -0.15) is 5.10 Å². The van der Waals surface area contributed by atoms with E-state index < -0.39 is 0 Å². The summed E-state index contributed by atoms with van der Waals surface area (Å²) in [7, 11) is 0. The molecule has 0 radical (unpaired) electrons. The number of pyridine rings is 1. The molecule has 6 nitrogen and oxygen atoms in total. The van der Waals surface area contributed by atoms with Gasteiger partial charge in [-0.05, 0) is 30.9 Å². The maximum atomic E-state index is 11.9. The zero-order chi connectivity index (χ0) is 16.8. The molecule has 0 bridgehead atoms. The second kappa shape index (κ2) is 7.77. The Labute approximate surface area is 140 Å². The summed E-state index contributed by atoms with van der Waals surface area (Å²) in [6.45, 7) is 1.05. The maximum absolute atomic E-state index is 11.9. The van der Waals surface area contributed by atoms with Crippen molar-refractivity contribution in [3.05, 3.63) is 58.3 Å². The van der Waals surface area contributed by atoms with E-state index in [0.29, 0.717) is 5.56 Å². The summed E-state index contributed by atoms with van der Waals surface area (Å²) >= 11 is 0. The normalized spacial score (nSPS) is 15.7. The van der Waals surface area contributed by atoms with E-state index in [0.717, 1.165) is 18.0 Å². The van der Waals surface area contributed by atoms with Crippen molar-refractivity contribution in [2.45, 2.75) is 38.6 Å². The molecule has 2 heterocycles. The fraction of sp³-hybridized carbons (Fsp3) is 0.389. The Morgan fingerprint density at radius 3 is 2.88 bits per heavy atom. The van der Waals surface area contributed by atoms with Crippen LogP contribution in [0.4, 0.5) is 0 Å². The molecule has 0 unspecified atom stereocenters. The zero-order valence-corrected chi connectivity index (χ0v) is 13.6. The van der Waals surface area contributed by atoms with Crippen molar-refractivity contribution >= 4 is 12.1 Å². The Morgan fingerprint density at radius 1 is 1.29 bits per heavy atom. The molecule has 0 spiro atoms. The molecule has 1 amide bonds. The third-order valence-corrected chi connectivity index (χ3v) is 4.39. The lowest BCUT2D eigenvalue weighted by Crippen LogP contribution is -2.19. The number of rotatable bonds is 5. The van der Waals surface area contributed by atoms with Crippen LogP contribution in [-0.4, -0.2) is 21.7 Å². The van der Waals surface area contributed by atoms with Gasteiger partial charge in [0.1, 0.15) is 0 Å². The van der Waals surface area contributed by atoms with Crippen LogP contribution < -0.4 is 11.0 Å². The lowest BCUT2D eigenvalue weighted by Gasteiger charge is -2.21. The van der Waals surface area contributed by atoms with Gasteiger partial charge in [-0.1, -0.05) is 19.3 Å². The number of aromatic nitrogens is 2. The van der Waals surface area contributed by atoms with Crippen LogP contribution in [0.3, 0.4) is 0 Å². The molecule has 1 aliphatic rings. The third kappa shape index (κ3) is 4.44. The predicted molar refractivity (Wildman–Crippen MR) is 93.1 cm³/mol. The van der Waals surface area contributed by atoms with Gasteiger partial charge >= 0.3 is 0 Å². The maximum Gasteiger partial charge on any atom is 0.272 e. The van der Waals surface area contributed by atoms with Crippen molar-refractivity contribution in [3.8, 4) is 0 Å². The van der Waals surface area contributed by atoms with Crippen LogP contribution in [0.5, 0.6) is 0 Å². The molecule has 6 heteroatoms. The predicted octanol–water partition coefficient (Wildman–Crippen LogP) is 2.52. The summed E-state index contributed by atoms with van der Waals surface area (Å²) in [6, 6.07) is 4.76. The molecule has 0 aromatic carbocycles.